The SMILES string of the molecule is CC(=O)CNC(=O)/C(=C/[C@@H](OCc1ccccc1)[C@H](OCc1ccccc1)[C@@H](COCc1ccccc1)O[Si](C)(C)C(C)(C)C)NC(=O)OCc1ccccc1. The van der Waals surface area contributed by atoms with Crippen molar-refractivity contribution in [1.82, 2.24) is 10.6 Å². The molecule has 11 heteroatoms. The molecule has 2 amide bonds. The second-order valence-electron chi connectivity index (χ2n) is 15.1. The molecule has 4 aromatic rings. The minimum Gasteiger partial charge on any atom is -0.444 e. The Labute approximate surface area is 332 Å². The first-order valence-corrected chi connectivity index (χ1v) is 21.8. The van der Waals surface area contributed by atoms with Crippen molar-refractivity contribution in [1.29, 1.82) is 0 Å². The molecule has 0 unspecified atom stereocenters. The number of rotatable bonds is 21. The van der Waals surface area contributed by atoms with Crippen LogP contribution in [0.4, 0.5) is 4.79 Å². The van der Waals surface area contributed by atoms with Crippen molar-refractivity contribution in [3.63, 3.8) is 0 Å². The minimum atomic E-state index is -2.50. The van der Waals surface area contributed by atoms with Gasteiger partial charge < -0.3 is 28.7 Å². The molecule has 0 spiro atoms. The van der Waals surface area contributed by atoms with E-state index in [0.717, 1.165) is 22.3 Å². The number of alkyl carbamates (subject to hydrolysis) is 1. The maximum absolute atomic E-state index is 13.8. The van der Waals surface area contributed by atoms with Crippen LogP contribution in [0.1, 0.15) is 49.9 Å². The molecule has 0 aliphatic carbocycles. The van der Waals surface area contributed by atoms with Crippen LogP contribution in [-0.4, -0.2) is 57.6 Å². The molecule has 0 saturated carbocycles. The number of benzene rings is 4. The zero-order valence-corrected chi connectivity index (χ0v) is 34.4. The predicted octanol–water partition coefficient (Wildman–Crippen LogP) is 8.28. The standard InChI is InChI=1S/C45H56N2O8Si/c1-34(48)28-46-43(49)39(47-44(50)54-32-38-25-17-10-18-26-38)27-40(52-30-36-21-13-8-14-22-36)42(53-31-37-23-15-9-16-24-37)41(55-56(5,6)45(2,3)4)33-51-29-35-19-11-7-12-20-35/h7-27,40-42H,28-33H2,1-6H3,(H,46,49)(H,47,50)/b39-27-/t40-,41-,42+/m1/s1. The number of hydrogen-bond acceptors (Lipinski definition) is 8. The molecule has 298 valence electrons. The van der Waals surface area contributed by atoms with E-state index >= 15 is 0 Å². The molecular formula is C45H56N2O8Si. The lowest BCUT2D eigenvalue weighted by Crippen LogP contribution is -2.52. The summed E-state index contributed by atoms with van der Waals surface area (Å²) in [6, 6.07) is 38.4. The molecule has 3 atom stereocenters. The number of ether oxygens (including phenoxy) is 4. The molecule has 4 aromatic carbocycles. The van der Waals surface area contributed by atoms with E-state index in [1.165, 1.54) is 13.0 Å². The van der Waals surface area contributed by atoms with Crippen LogP contribution in [0.2, 0.25) is 18.1 Å². The van der Waals surface area contributed by atoms with Crippen molar-refractivity contribution in [3.8, 4) is 0 Å². The lowest BCUT2D eigenvalue weighted by atomic mass is 10.1. The third-order valence-electron chi connectivity index (χ3n) is 9.43. The number of ketones is 1. The van der Waals surface area contributed by atoms with E-state index in [4.69, 9.17) is 23.4 Å². The zero-order chi connectivity index (χ0) is 40.4. The fourth-order valence-electron chi connectivity index (χ4n) is 5.31. The van der Waals surface area contributed by atoms with Gasteiger partial charge in [0, 0.05) is 0 Å². The van der Waals surface area contributed by atoms with Gasteiger partial charge in [0.1, 0.15) is 30.3 Å². The van der Waals surface area contributed by atoms with Crippen LogP contribution in [-0.2, 0) is 59.4 Å². The zero-order valence-electron chi connectivity index (χ0n) is 33.4. The van der Waals surface area contributed by atoms with Gasteiger partial charge in [-0.25, -0.2) is 4.79 Å². The van der Waals surface area contributed by atoms with Gasteiger partial charge in [-0.3, -0.25) is 14.9 Å². The van der Waals surface area contributed by atoms with Crippen LogP contribution in [0.25, 0.3) is 0 Å². The number of carbonyl (C=O) groups is 3. The first-order valence-electron chi connectivity index (χ1n) is 18.9. The van der Waals surface area contributed by atoms with Crippen molar-refractivity contribution >= 4 is 26.1 Å². The van der Waals surface area contributed by atoms with Crippen LogP contribution in [0.15, 0.2) is 133 Å². The van der Waals surface area contributed by atoms with Gasteiger partial charge in [0.15, 0.2) is 8.32 Å². The Morgan fingerprint density at radius 1 is 0.679 bits per heavy atom. The van der Waals surface area contributed by atoms with Crippen molar-refractivity contribution in [2.24, 2.45) is 0 Å². The largest absolute Gasteiger partial charge is 0.444 e. The first-order chi connectivity index (χ1) is 26.8. The summed E-state index contributed by atoms with van der Waals surface area (Å²) in [4.78, 5) is 39.0. The van der Waals surface area contributed by atoms with Gasteiger partial charge in [-0.15, -0.1) is 0 Å². The second-order valence-corrected chi connectivity index (χ2v) is 19.8. The molecule has 0 heterocycles. The summed E-state index contributed by atoms with van der Waals surface area (Å²) in [5.41, 5.74) is 3.40. The van der Waals surface area contributed by atoms with E-state index in [1.54, 1.807) is 0 Å². The Balaban J connectivity index is 1.79. The van der Waals surface area contributed by atoms with Crippen LogP contribution < -0.4 is 10.6 Å². The molecule has 0 aliphatic heterocycles. The van der Waals surface area contributed by atoms with E-state index in [9.17, 15) is 14.4 Å². The van der Waals surface area contributed by atoms with E-state index in [2.05, 4.69) is 44.5 Å². The maximum atomic E-state index is 13.8. The fourth-order valence-corrected chi connectivity index (χ4v) is 6.62. The Morgan fingerprint density at radius 3 is 1.62 bits per heavy atom. The summed E-state index contributed by atoms with van der Waals surface area (Å²) >= 11 is 0. The van der Waals surface area contributed by atoms with Gasteiger partial charge in [-0.1, -0.05) is 142 Å². The van der Waals surface area contributed by atoms with Gasteiger partial charge in [-0.05, 0) is 53.4 Å². The molecule has 0 saturated heterocycles. The van der Waals surface area contributed by atoms with Crippen LogP contribution in [0.5, 0.6) is 0 Å². The Morgan fingerprint density at radius 2 is 1.14 bits per heavy atom. The van der Waals surface area contributed by atoms with Crippen molar-refractivity contribution in [2.45, 2.75) is 90.6 Å². The van der Waals surface area contributed by atoms with E-state index < -0.39 is 38.6 Å². The minimum absolute atomic E-state index is 0.0209. The van der Waals surface area contributed by atoms with E-state index in [1.807, 2.05) is 121 Å². The topological polar surface area (TPSA) is 121 Å². The van der Waals surface area contributed by atoms with Crippen molar-refractivity contribution < 1.29 is 37.8 Å². The predicted molar refractivity (Wildman–Crippen MR) is 220 cm³/mol. The molecule has 0 radical (unpaired) electrons. The monoisotopic (exact) mass is 780 g/mol. The average Bonchev–Trinajstić information content (AvgIpc) is 3.18. The summed E-state index contributed by atoms with van der Waals surface area (Å²) in [5.74, 6) is -0.960. The summed E-state index contributed by atoms with van der Waals surface area (Å²) in [6.45, 7) is 12.7. The third kappa shape index (κ3) is 15.0. The molecular weight excluding hydrogens is 725 g/mol. The van der Waals surface area contributed by atoms with Gasteiger partial charge in [-0.2, -0.15) is 0 Å². The van der Waals surface area contributed by atoms with Gasteiger partial charge >= 0.3 is 6.09 Å². The number of carbonyl (C=O) groups excluding carboxylic acids is 3. The Hall–Kier alpha value is -4.91. The lowest BCUT2D eigenvalue weighted by Gasteiger charge is -2.42. The lowest BCUT2D eigenvalue weighted by molar-refractivity contribution is -0.130. The highest BCUT2D eigenvalue weighted by molar-refractivity contribution is 6.74. The molecule has 0 fully saturated rings. The molecule has 0 aromatic heterocycles. The molecule has 0 aliphatic rings. The average molecular weight is 781 g/mol. The summed E-state index contributed by atoms with van der Waals surface area (Å²) in [7, 11) is -2.50. The number of Topliss-reactive ketones (excluding diaryl/α,β-unsaturated/α-hetero) is 1. The van der Waals surface area contributed by atoms with Crippen molar-refractivity contribution in [2.75, 3.05) is 13.2 Å². The normalized spacial score (nSPS) is 13.6. The highest BCUT2D eigenvalue weighted by atomic mass is 28.4. The quantitative estimate of drug-likeness (QED) is 0.0641. The van der Waals surface area contributed by atoms with E-state index in [-0.39, 0.29) is 49.5 Å². The van der Waals surface area contributed by atoms with Crippen LogP contribution in [0, 0.1) is 0 Å². The molecule has 0 bridgehead atoms. The van der Waals surface area contributed by atoms with Crippen LogP contribution >= 0.6 is 0 Å². The first kappa shape index (κ1) is 43.8. The van der Waals surface area contributed by atoms with Gasteiger partial charge in [0.2, 0.25) is 0 Å². The molecule has 56 heavy (non-hydrogen) atoms. The summed E-state index contributed by atoms with van der Waals surface area (Å²) in [5, 5.41) is 5.05. The van der Waals surface area contributed by atoms with Crippen LogP contribution in [0.3, 0.4) is 0 Å². The summed E-state index contributed by atoms with van der Waals surface area (Å²) < 4.78 is 32.5. The second kappa shape index (κ2) is 22.0. The highest BCUT2D eigenvalue weighted by Gasteiger charge is 2.43. The number of amides is 2. The third-order valence-corrected chi connectivity index (χ3v) is 13.9. The Bertz CT molecular complexity index is 1820. The Kier molecular flexibility index (Phi) is 17.2. The molecule has 2 N–H and O–H groups in total. The van der Waals surface area contributed by atoms with E-state index in [0.29, 0.717) is 6.61 Å². The fraction of sp³-hybridized carbons (Fsp3) is 0.356. The highest BCUT2D eigenvalue weighted by Crippen LogP contribution is 2.38. The molecule has 4 rings (SSSR count). The van der Waals surface area contributed by atoms with Gasteiger partial charge in [0.25, 0.3) is 5.91 Å². The maximum Gasteiger partial charge on any atom is 0.412 e. The van der Waals surface area contributed by atoms with Crippen molar-refractivity contribution in [3.05, 3.63) is 155 Å². The number of hydrogen-bond donors (Lipinski definition) is 2. The molecule has 10 nitrogen and oxygen atoms in total. The van der Waals surface area contributed by atoms with Gasteiger partial charge in [0.05, 0.1) is 39.1 Å². The smallest absolute Gasteiger partial charge is 0.412 e. The number of nitrogens with one attached hydrogen (secondary N) is 2. The summed E-state index contributed by atoms with van der Waals surface area (Å²) in [6.07, 6.45) is -1.88.